The van der Waals surface area contributed by atoms with E-state index in [2.05, 4.69) is 24.4 Å². The minimum Gasteiger partial charge on any atom is -0.507 e. The fourth-order valence-corrected chi connectivity index (χ4v) is 2.68. The standard InChI is InChI=1S/C16H14N2O6.C8H9NO3/c1-23-15(21)11-5-3-9(7-13(11)19)17-18-10-4-6-12(14(20)8-10)16(22)24-2;1-12-8(11)6-3-2-5(9)4-7(6)10/h3-8,19-20H,1-2H3;2-4,10H,9H2,1H3. The number of nitrogen functional groups attached to an aromatic ring is 1. The number of nitrogens with two attached hydrogens (primary N) is 1. The highest BCUT2D eigenvalue weighted by Crippen LogP contribution is 2.28. The summed E-state index contributed by atoms with van der Waals surface area (Å²) in [5.41, 5.74) is 6.48. The molecule has 0 aliphatic rings. The van der Waals surface area contributed by atoms with Gasteiger partial charge in [-0.1, -0.05) is 0 Å². The van der Waals surface area contributed by atoms with Crippen LogP contribution in [0.15, 0.2) is 64.8 Å². The van der Waals surface area contributed by atoms with Gasteiger partial charge in [-0.25, -0.2) is 14.4 Å². The molecule has 0 heterocycles. The fraction of sp³-hybridized carbons (Fsp3) is 0.125. The summed E-state index contributed by atoms with van der Waals surface area (Å²) in [6, 6.07) is 12.4. The minimum absolute atomic E-state index is 0.0107. The number of carbonyl (C=O) groups excluding carboxylic acids is 3. The van der Waals surface area contributed by atoms with Crippen LogP contribution in [-0.2, 0) is 14.2 Å². The molecule has 0 aliphatic carbocycles. The molecular formula is C24H23N3O9. The normalized spacial score (nSPS) is 10.2. The second-order valence-corrected chi connectivity index (χ2v) is 6.85. The molecule has 0 spiro atoms. The highest BCUT2D eigenvalue weighted by Gasteiger charge is 2.13. The van der Waals surface area contributed by atoms with Crippen LogP contribution in [0.1, 0.15) is 31.1 Å². The Labute approximate surface area is 205 Å². The van der Waals surface area contributed by atoms with Crippen LogP contribution in [-0.4, -0.2) is 54.6 Å². The molecule has 188 valence electrons. The van der Waals surface area contributed by atoms with Crippen molar-refractivity contribution in [3.8, 4) is 17.2 Å². The Hall–Kier alpha value is -5.13. The summed E-state index contributed by atoms with van der Waals surface area (Å²) >= 11 is 0. The number of phenols is 3. The van der Waals surface area contributed by atoms with Gasteiger partial charge in [-0.05, 0) is 36.4 Å². The molecule has 5 N–H and O–H groups in total. The molecule has 12 nitrogen and oxygen atoms in total. The van der Waals surface area contributed by atoms with Crippen LogP contribution in [0.5, 0.6) is 17.2 Å². The molecule has 0 aromatic heterocycles. The van der Waals surface area contributed by atoms with Gasteiger partial charge in [0.15, 0.2) is 0 Å². The highest BCUT2D eigenvalue weighted by molar-refractivity contribution is 5.94. The molecule has 36 heavy (non-hydrogen) atoms. The minimum atomic E-state index is -0.667. The molecule has 0 unspecified atom stereocenters. The average molecular weight is 497 g/mol. The summed E-state index contributed by atoms with van der Waals surface area (Å²) in [5.74, 6) is -2.66. The quantitative estimate of drug-likeness (QED) is 0.174. The smallest absolute Gasteiger partial charge is 0.341 e. The molecule has 0 radical (unpaired) electrons. The van der Waals surface area contributed by atoms with Gasteiger partial charge in [-0.2, -0.15) is 10.2 Å². The number of benzene rings is 3. The van der Waals surface area contributed by atoms with Crippen molar-refractivity contribution in [1.29, 1.82) is 0 Å². The molecule has 3 rings (SSSR count). The number of aromatic hydroxyl groups is 3. The zero-order valence-electron chi connectivity index (χ0n) is 19.5. The Morgan fingerprint density at radius 1 is 0.611 bits per heavy atom. The van der Waals surface area contributed by atoms with E-state index in [0.29, 0.717) is 5.69 Å². The number of hydrogen-bond acceptors (Lipinski definition) is 12. The Morgan fingerprint density at radius 3 is 1.25 bits per heavy atom. The number of phenolic OH excluding ortho intramolecular Hbond substituents is 3. The van der Waals surface area contributed by atoms with E-state index in [1.54, 1.807) is 0 Å². The van der Waals surface area contributed by atoms with Crippen molar-refractivity contribution in [1.82, 2.24) is 0 Å². The third-order valence-corrected chi connectivity index (χ3v) is 4.48. The Morgan fingerprint density at radius 2 is 0.944 bits per heavy atom. The van der Waals surface area contributed by atoms with Gasteiger partial charge in [-0.3, -0.25) is 0 Å². The number of methoxy groups -OCH3 is 3. The Balaban J connectivity index is 0.000000319. The van der Waals surface area contributed by atoms with Crippen LogP contribution in [0.4, 0.5) is 17.1 Å². The number of carbonyl (C=O) groups is 3. The van der Waals surface area contributed by atoms with Gasteiger partial charge in [0, 0.05) is 23.9 Å². The molecule has 0 amide bonds. The van der Waals surface area contributed by atoms with Crippen LogP contribution < -0.4 is 5.73 Å². The molecule has 3 aromatic rings. The molecule has 0 saturated carbocycles. The van der Waals surface area contributed by atoms with E-state index in [9.17, 15) is 29.7 Å². The van der Waals surface area contributed by atoms with Gasteiger partial charge in [0.1, 0.15) is 33.9 Å². The number of ether oxygens (including phenoxy) is 3. The Kier molecular flexibility index (Phi) is 9.31. The summed E-state index contributed by atoms with van der Waals surface area (Å²) in [4.78, 5) is 33.7. The number of anilines is 1. The van der Waals surface area contributed by atoms with E-state index in [-0.39, 0.29) is 45.3 Å². The van der Waals surface area contributed by atoms with Crippen LogP contribution >= 0.6 is 0 Å². The topological polar surface area (TPSA) is 190 Å². The molecule has 0 fully saturated rings. The lowest BCUT2D eigenvalue weighted by Gasteiger charge is -2.03. The monoisotopic (exact) mass is 497 g/mol. The summed E-state index contributed by atoms with van der Waals surface area (Å²) in [6.07, 6.45) is 0. The maximum Gasteiger partial charge on any atom is 0.341 e. The van der Waals surface area contributed by atoms with Crippen molar-refractivity contribution < 1.29 is 43.9 Å². The van der Waals surface area contributed by atoms with Crippen molar-refractivity contribution in [2.24, 2.45) is 10.2 Å². The maximum atomic E-state index is 11.4. The first-order valence-electron chi connectivity index (χ1n) is 10.0. The van der Waals surface area contributed by atoms with Crippen LogP contribution in [0, 0.1) is 0 Å². The fourth-order valence-electron chi connectivity index (χ4n) is 2.68. The highest BCUT2D eigenvalue weighted by atomic mass is 16.5. The molecule has 0 atom stereocenters. The zero-order valence-corrected chi connectivity index (χ0v) is 19.5. The van der Waals surface area contributed by atoms with Crippen molar-refractivity contribution >= 4 is 35.0 Å². The van der Waals surface area contributed by atoms with Gasteiger partial charge in [0.2, 0.25) is 0 Å². The summed E-state index contributed by atoms with van der Waals surface area (Å²) in [5, 5.41) is 36.5. The van der Waals surface area contributed by atoms with E-state index in [4.69, 9.17) is 5.73 Å². The largest absolute Gasteiger partial charge is 0.507 e. The third kappa shape index (κ3) is 6.93. The average Bonchev–Trinajstić information content (AvgIpc) is 2.86. The van der Waals surface area contributed by atoms with E-state index in [0.717, 1.165) is 0 Å². The van der Waals surface area contributed by atoms with Gasteiger partial charge < -0.3 is 35.3 Å². The number of nitrogens with zero attached hydrogens (tertiary/aromatic N) is 2. The summed E-state index contributed by atoms with van der Waals surface area (Å²) < 4.78 is 13.5. The van der Waals surface area contributed by atoms with E-state index in [1.807, 2.05) is 0 Å². The van der Waals surface area contributed by atoms with E-state index >= 15 is 0 Å². The summed E-state index contributed by atoms with van der Waals surface area (Å²) in [6.45, 7) is 0. The lowest BCUT2D eigenvalue weighted by molar-refractivity contribution is 0.0588. The third-order valence-electron chi connectivity index (χ3n) is 4.48. The van der Waals surface area contributed by atoms with Crippen molar-refractivity contribution in [3.63, 3.8) is 0 Å². The first kappa shape index (κ1) is 27.1. The SMILES string of the molecule is COC(=O)c1ccc(N)cc1O.COC(=O)c1ccc(N=Nc2ccc(C(=O)OC)c(O)c2)cc1O. The number of azo groups is 1. The van der Waals surface area contributed by atoms with Crippen LogP contribution in [0.3, 0.4) is 0 Å². The first-order valence-corrected chi connectivity index (χ1v) is 10.0. The lowest BCUT2D eigenvalue weighted by atomic mass is 10.2. The maximum absolute atomic E-state index is 11.4. The van der Waals surface area contributed by atoms with Crippen molar-refractivity contribution in [3.05, 3.63) is 71.3 Å². The number of esters is 3. The second kappa shape index (κ2) is 12.4. The number of hydrogen-bond donors (Lipinski definition) is 4. The predicted octanol–water partition coefficient (Wildman–Crippen LogP) is 3.85. The lowest BCUT2D eigenvalue weighted by Crippen LogP contribution is -2.01. The molecular weight excluding hydrogens is 474 g/mol. The molecule has 0 bridgehead atoms. The zero-order chi connectivity index (χ0) is 26.8. The molecule has 0 saturated heterocycles. The van der Waals surface area contributed by atoms with Gasteiger partial charge in [0.25, 0.3) is 0 Å². The van der Waals surface area contributed by atoms with Crippen LogP contribution in [0.2, 0.25) is 0 Å². The van der Waals surface area contributed by atoms with Crippen LogP contribution in [0.25, 0.3) is 0 Å². The molecule has 0 aliphatic heterocycles. The van der Waals surface area contributed by atoms with Gasteiger partial charge in [0.05, 0.1) is 32.7 Å². The first-order chi connectivity index (χ1) is 17.1. The predicted molar refractivity (Wildman–Crippen MR) is 127 cm³/mol. The molecule has 12 heteroatoms. The summed E-state index contributed by atoms with van der Waals surface area (Å²) in [7, 11) is 3.66. The second-order valence-electron chi connectivity index (χ2n) is 6.85. The van der Waals surface area contributed by atoms with E-state index in [1.165, 1.54) is 75.9 Å². The molecule has 3 aromatic carbocycles. The van der Waals surface area contributed by atoms with Gasteiger partial charge in [-0.15, -0.1) is 0 Å². The number of rotatable bonds is 5. The van der Waals surface area contributed by atoms with Crippen molar-refractivity contribution in [2.45, 2.75) is 0 Å². The van der Waals surface area contributed by atoms with Gasteiger partial charge >= 0.3 is 17.9 Å². The van der Waals surface area contributed by atoms with Crippen molar-refractivity contribution in [2.75, 3.05) is 27.1 Å². The Bertz CT molecular complexity index is 1240. The van der Waals surface area contributed by atoms with E-state index < -0.39 is 17.9 Å².